The SMILES string of the molecule is Cc1sc2ncnc(SCC(=O)N(C)Cc3ccccc3C(F)(F)F)c2c1C. The normalized spacial score (nSPS) is 11.8. The molecular weight excluding hydrogens is 407 g/mol. The van der Waals surface area contributed by atoms with Crippen LogP contribution in [0.15, 0.2) is 35.6 Å². The number of nitrogens with zero attached hydrogens (tertiary/aromatic N) is 3. The van der Waals surface area contributed by atoms with Gasteiger partial charge in [-0.1, -0.05) is 30.0 Å². The maximum atomic E-state index is 13.1. The number of halogens is 3. The van der Waals surface area contributed by atoms with Gasteiger partial charge in [0.15, 0.2) is 0 Å². The summed E-state index contributed by atoms with van der Waals surface area (Å²) in [6, 6.07) is 5.30. The Kier molecular flexibility index (Phi) is 5.95. The van der Waals surface area contributed by atoms with Crippen molar-refractivity contribution < 1.29 is 18.0 Å². The Morgan fingerprint density at radius 1 is 1.21 bits per heavy atom. The summed E-state index contributed by atoms with van der Waals surface area (Å²) < 4.78 is 39.4. The van der Waals surface area contributed by atoms with Gasteiger partial charge >= 0.3 is 6.18 Å². The van der Waals surface area contributed by atoms with Crippen molar-refractivity contribution in [1.82, 2.24) is 14.9 Å². The molecule has 2 heterocycles. The van der Waals surface area contributed by atoms with E-state index in [9.17, 15) is 18.0 Å². The zero-order valence-electron chi connectivity index (χ0n) is 15.5. The summed E-state index contributed by atoms with van der Waals surface area (Å²) >= 11 is 2.85. The molecule has 0 radical (unpaired) electrons. The highest BCUT2D eigenvalue weighted by Gasteiger charge is 2.33. The standard InChI is InChI=1S/C19H18F3N3OS2/c1-11-12(2)28-18-16(11)17(23-10-24-18)27-9-15(26)25(3)8-13-6-4-5-7-14(13)19(20,21)22/h4-7,10H,8-9H2,1-3H3. The van der Waals surface area contributed by atoms with Crippen LogP contribution < -0.4 is 0 Å². The van der Waals surface area contributed by atoms with Gasteiger partial charge in [0.1, 0.15) is 16.2 Å². The van der Waals surface area contributed by atoms with Crippen molar-refractivity contribution in [2.45, 2.75) is 31.6 Å². The molecule has 148 valence electrons. The molecule has 0 aliphatic heterocycles. The topological polar surface area (TPSA) is 46.1 Å². The minimum atomic E-state index is -4.45. The Bertz CT molecular complexity index is 1020. The molecule has 0 unspecified atom stereocenters. The van der Waals surface area contributed by atoms with Gasteiger partial charge in [0.05, 0.1) is 11.3 Å². The molecular formula is C19H18F3N3OS2. The van der Waals surface area contributed by atoms with E-state index < -0.39 is 11.7 Å². The van der Waals surface area contributed by atoms with Crippen molar-refractivity contribution in [3.63, 3.8) is 0 Å². The molecule has 2 aromatic heterocycles. The van der Waals surface area contributed by atoms with E-state index >= 15 is 0 Å². The van der Waals surface area contributed by atoms with Crippen molar-refractivity contribution >= 4 is 39.2 Å². The zero-order chi connectivity index (χ0) is 20.5. The molecule has 3 aromatic rings. The first kappa shape index (κ1) is 20.6. The summed E-state index contributed by atoms with van der Waals surface area (Å²) in [7, 11) is 1.51. The number of thiophene rings is 1. The number of carbonyl (C=O) groups excluding carboxylic acids is 1. The number of hydrogen-bond acceptors (Lipinski definition) is 5. The van der Waals surface area contributed by atoms with Gasteiger partial charge in [0.2, 0.25) is 5.91 Å². The van der Waals surface area contributed by atoms with E-state index in [2.05, 4.69) is 9.97 Å². The third-order valence-corrected chi connectivity index (χ3v) is 6.51. The number of aryl methyl sites for hydroxylation is 2. The van der Waals surface area contributed by atoms with Crippen LogP contribution >= 0.6 is 23.1 Å². The van der Waals surface area contributed by atoms with Crippen LogP contribution in [0.1, 0.15) is 21.6 Å². The molecule has 28 heavy (non-hydrogen) atoms. The highest BCUT2D eigenvalue weighted by molar-refractivity contribution is 8.00. The zero-order valence-corrected chi connectivity index (χ0v) is 17.1. The van der Waals surface area contributed by atoms with Crippen LogP contribution in [0.3, 0.4) is 0 Å². The molecule has 0 fully saturated rings. The molecule has 4 nitrogen and oxygen atoms in total. The average Bonchev–Trinajstić information content (AvgIpc) is 2.94. The molecule has 0 atom stereocenters. The van der Waals surface area contributed by atoms with E-state index in [4.69, 9.17) is 0 Å². The maximum Gasteiger partial charge on any atom is 0.416 e. The lowest BCUT2D eigenvalue weighted by Gasteiger charge is -2.20. The lowest BCUT2D eigenvalue weighted by atomic mass is 10.1. The van der Waals surface area contributed by atoms with Gasteiger partial charge in [-0.25, -0.2) is 9.97 Å². The monoisotopic (exact) mass is 425 g/mol. The summed E-state index contributed by atoms with van der Waals surface area (Å²) in [4.78, 5) is 24.4. The van der Waals surface area contributed by atoms with Crippen LogP contribution in [-0.2, 0) is 17.5 Å². The quantitative estimate of drug-likeness (QED) is 0.423. The van der Waals surface area contributed by atoms with Crippen molar-refractivity contribution in [3.8, 4) is 0 Å². The Morgan fingerprint density at radius 2 is 1.93 bits per heavy atom. The number of aromatic nitrogens is 2. The fraction of sp³-hybridized carbons (Fsp3) is 0.316. The smallest absolute Gasteiger partial charge is 0.341 e. The van der Waals surface area contributed by atoms with E-state index in [1.165, 1.54) is 48.2 Å². The second-order valence-electron chi connectivity index (χ2n) is 6.34. The molecule has 0 spiro atoms. The van der Waals surface area contributed by atoms with Gasteiger partial charge in [-0.15, -0.1) is 11.3 Å². The highest BCUT2D eigenvalue weighted by Crippen LogP contribution is 2.35. The molecule has 1 amide bonds. The summed E-state index contributed by atoms with van der Waals surface area (Å²) in [5, 5.41) is 1.65. The molecule has 0 N–H and O–H groups in total. The van der Waals surface area contributed by atoms with Gasteiger partial charge in [0, 0.05) is 23.9 Å². The summed E-state index contributed by atoms with van der Waals surface area (Å²) in [6.45, 7) is 3.89. The lowest BCUT2D eigenvalue weighted by Crippen LogP contribution is -2.29. The van der Waals surface area contributed by atoms with Crippen molar-refractivity contribution in [1.29, 1.82) is 0 Å². The fourth-order valence-electron chi connectivity index (χ4n) is 2.78. The van der Waals surface area contributed by atoms with Crippen LogP contribution in [0.4, 0.5) is 13.2 Å². The Labute approximate surface area is 168 Å². The van der Waals surface area contributed by atoms with Gasteiger partial charge in [-0.05, 0) is 31.0 Å². The Balaban J connectivity index is 1.71. The molecule has 1 aromatic carbocycles. The van der Waals surface area contributed by atoms with Crippen LogP contribution in [0.2, 0.25) is 0 Å². The molecule has 0 aliphatic carbocycles. The Hall–Kier alpha value is -2.13. The molecule has 9 heteroatoms. The third-order valence-electron chi connectivity index (χ3n) is 4.42. The van der Waals surface area contributed by atoms with E-state index in [-0.39, 0.29) is 23.8 Å². The van der Waals surface area contributed by atoms with Gasteiger partial charge in [-0.3, -0.25) is 4.79 Å². The van der Waals surface area contributed by atoms with Gasteiger partial charge in [0.25, 0.3) is 0 Å². The Morgan fingerprint density at radius 3 is 2.64 bits per heavy atom. The number of amides is 1. The first-order chi connectivity index (χ1) is 13.2. The van der Waals surface area contributed by atoms with Gasteiger partial charge in [-0.2, -0.15) is 13.2 Å². The lowest BCUT2D eigenvalue weighted by molar-refractivity contribution is -0.139. The predicted octanol–water partition coefficient (Wildman–Crippen LogP) is 5.08. The second kappa shape index (κ2) is 8.08. The molecule has 0 bridgehead atoms. The van der Waals surface area contributed by atoms with Crippen LogP contribution in [-0.4, -0.2) is 33.6 Å². The van der Waals surface area contributed by atoms with Gasteiger partial charge < -0.3 is 4.90 Å². The minimum Gasteiger partial charge on any atom is -0.341 e. The highest BCUT2D eigenvalue weighted by atomic mass is 32.2. The molecule has 3 rings (SSSR count). The largest absolute Gasteiger partial charge is 0.416 e. The fourth-order valence-corrected chi connectivity index (χ4v) is 4.84. The number of rotatable bonds is 5. The second-order valence-corrected chi connectivity index (χ2v) is 8.50. The van der Waals surface area contributed by atoms with E-state index in [0.717, 1.165) is 26.7 Å². The van der Waals surface area contributed by atoms with Crippen molar-refractivity contribution in [3.05, 3.63) is 52.2 Å². The van der Waals surface area contributed by atoms with E-state index in [1.54, 1.807) is 11.3 Å². The van der Waals surface area contributed by atoms with Crippen LogP contribution in [0.5, 0.6) is 0 Å². The summed E-state index contributed by atoms with van der Waals surface area (Å²) in [6.07, 6.45) is -2.98. The summed E-state index contributed by atoms with van der Waals surface area (Å²) in [5.41, 5.74) is 0.441. The number of fused-ring (bicyclic) bond motifs is 1. The van der Waals surface area contributed by atoms with Crippen molar-refractivity contribution in [2.75, 3.05) is 12.8 Å². The first-order valence-corrected chi connectivity index (χ1v) is 10.2. The molecule has 0 aliphatic rings. The molecule has 0 saturated carbocycles. The predicted molar refractivity (Wildman–Crippen MR) is 106 cm³/mol. The van der Waals surface area contributed by atoms with E-state index in [1.807, 2.05) is 13.8 Å². The number of thioether (sulfide) groups is 1. The first-order valence-electron chi connectivity index (χ1n) is 8.41. The van der Waals surface area contributed by atoms with E-state index in [0.29, 0.717) is 5.03 Å². The minimum absolute atomic E-state index is 0.0737. The van der Waals surface area contributed by atoms with Crippen LogP contribution in [0.25, 0.3) is 10.2 Å². The number of benzene rings is 1. The average molecular weight is 426 g/mol. The summed E-state index contributed by atoms with van der Waals surface area (Å²) in [5.74, 6) is -0.177. The van der Waals surface area contributed by atoms with Crippen LogP contribution in [0, 0.1) is 13.8 Å². The van der Waals surface area contributed by atoms with Crippen molar-refractivity contribution in [2.24, 2.45) is 0 Å². The number of carbonyl (C=O) groups is 1. The molecule has 0 saturated heterocycles. The number of hydrogen-bond donors (Lipinski definition) is 0. The number of alkyl halides is 3. The third kappa shape index (κ3) is 4.30. The maximum absolute atomic E-state index is 13.1.